The van der Waals surface area contributed by atoms with Crippen LogP contribution in [0.1, 0.15) is 44.9 Å². The summed E-state index contributed by atoms with van der Waals surface area (Å²) in [6, 6.07) is 0.335. The number of ether oxygens (including phenoxy) is 1. The fourth-order valence-corrected chi connectivity index (χ4v) is 3.74. The minimum absolute atomic E-state index is 0.0200. The Hall–Kier alpha value is -0.420. The van der Waals surface area contributed by atoms with Crippen LogP contribution in [-0.4, -0.2) is 42.8 Å². The van der Waals surface area contributed by atoms with Gasteiger partial charge in [-0.3, -0.25) is 0 Å². The number of carbonyl (C=O) groups excluding carboxylic acids is 1. The summed E-state index contributed by atoms with van der Waals surface area (Å²) in [7, 11) is 0. The van der Waals surface area contributed by atoms with Crippen molar-refractivity contribution in [3.05, 3.63) is 0 Å². The van der Waals surface area contributed by atoms with Crippen LogP contribution in [0.3, 0.4) is 0 Å². The van der Waals surface area contributed by atoms with E-state index in [9.17, 15) is 4.79 Å². The van der Waals surface area contributed by atoms with Gasteiger partial charge in [0.1, 0.15) is 0 Å². The molecule has 0 bridgehead atoms. The monoisotopic (exact) mass is 286 g/mol. The summed E-state index contributed by atoms with van der Waals surface area (Å²) in [6.07, 6.45) is 8.77. The highest BCUT2D eigenvalue weighted by molar-refractivity contribution is 7.99. The summed E-state index contributed by atoms with van der Waals surface area (Å²) in [5, 5.41) is 5.96. The summed E-state index contributed by atoms with van der Waals surface area (Å²) < 4.78 is 5.76. The van der Waals surface area contributed by atoms with Gasteiger partial charge in [-0.05, 0) is 37.9 Å². The van der Waals surface area contributed by atoms with Crippen molar-refractivity contribution >= 4 is 17.8 Å². The Morgan fingerprint density at radius 2 is 2.05 bits per heavy atom. The molecule has 1 unspecified atom stereocenters. The zero-order chi connectivity index (χ0) is 13.3. The maximum Gasteiger partial charge on any atom is 0.315 e. The number of thioether (sulfide) groups is 1. The molecule has 19 heavy (non-hydrogen) atoms. The second kappa shape index (κ2) is 8.69. The van der Waals surface area contributed by atoms with Crippen LogP contribution in [0.25, 0.3) is 0 Å². The van der Waals surface area contributed by atoms with Gasteiger partial charge in [0.15, 0.2) is 0 Å². The van der Waals surface area contributed by atoms with Crippen LogP contribution in [0.4, 0.5) is 4.79 Å². The summed E-state index contributed by atoms with van der Waals surface area (Å²) in [4.78, 5) is 11.7. The highest BCUT2D eigenvalue weighted by Gasteiger charge is 2.16. The van der Waals surface area contributed by atoms with Gasteiger partial charge in [0.2, 0.25) is 0 Å². The van der Waals surface area contributed by atoms with Crippen LogP contribution >= 0.6 is 11.8 Å². The number of urea groups is 1. The lowest BCUT2D eigenvalue weighted by molar-refractivity contribution is 0.0572. The average molecular weight is 286 g/mol. The van der Waals surface area contributed by atoms with Gasteiger partial charge in [-0.1, -0.05) is 12.8 Å². The summed E-state index contributed by atoms with van der Waals surface area (Å²) in [6.45, 7) is 1.47. The van der Waals surface area contributed by atoms with Crippen LogP contribution in [0.5, 0.6) is 0 Å². The quantitative estimate of drug-likeness (QED) is 0.738. The van der Waals surface area contributed by atoms with Gasteiger partial charge in [0.25, 0.3) is 0 Å². The number of rotatable bonds is 6. The van der Waals surface area contributed by atoms with Crippen LogP contribution in [0, 0.1) is 0 Å². The van der Waals surface area contributed by atoms with E-state index in [1.807, 2.05) is 11.8 Å². The van der Waals surface area contributed by atoms with E-state index in [2.05, 4.69) is 10.6 Å². The van der Waals surface area contributed by atoms with Crippen LogP contribution in [-0.2, 0) is 4.74 Å². The van der Waals surface area contributed by atoms with E-state index in [1.165, 1.54) is 37.9 Å². The maximum absolute atomic E-state index is 11.7. The molecule has 0 spiro atoms. The third-order valence-electron chi connectivity index (χ3n) is 3.76. The van der Waals surface area contributed by atoms with Crippen LogP contribution in [0.2, 0.25) is 0 Å². The van der Waals surface area contributed by atoms with Gasteiger partial charge in [-0.15, -0.1) is 0 Å². The third-order valence-corrected chi connectivity index (χ3v) is 4.97. The predicted molar refractivity (Wildman–Crippen MR) is 79.7 cm³/mol. The van der Waals surface area contributed by atoms with Crippen molar-refractivity contribution in [1.29, 1.82) is 0 Å². The summed E-state index contributed by atoms with van der Waals surface area (Å²) in [5.41, 5.74) is 0. The van der Waals surface area contributed by atoms with E-state index in [0.717, 1.165) is 25.2 Å². The molecule has 1 aliphatic heterocycles. The molecular formula is C14H26N2O2S. The zero-order valence-electron chi connectivity index (χ0n) is 11.7. The van der Waals surface area contributed by atoms with E-state index in [4.69, 9.17) is 4.74 Å². The summed E-state index contributed by atoms with van der Waals surface area (Å²) >= 11 is 1.93. The van der Waals surface area contributed by atoms with E-state index >= 15 is 0 Å². The highest BCUT2D eigenvalue weighted by atomic mass is 32.2. The van der Waals surface area contributed by atoms with Crippen molar-refractivity contribution in [3.63, 3.8) is 0 Å². The van der Waals surface area contributed by atoms with E-state index in [0.29, 0.717) is 18.7 Å². The molecule has 2 rings (SSSR count). The van der Waals surface area contributed by atoms with E-state index in [1.54, 1.807) is 0 Å². The van der Waals surface area contributed by atoms with Crippen molar-refractivity contribution in [2.24, 2.45) is 0 Å². The number of carbonyl (C=O) groups is 1. The number of amides is 2. The molecule has 2 aliphatic rings. The van der Waals surface area contributed by atoms with Crippen molar-refractivity contribution in [2.45, 2.75) is 57.1 Å². The third kappa shape index (κ3) is 6.04. The molecular weight excluding hydrogens is 260 g/mol. The number of hydrogen-bond acceptors (Lipinski definition) is 3. The van der Waals surface area contributed by atoms with E-state index < -0.39 is 0 Å². The smallest absolute Gasteiger partial charge is 0.315 e. The zero-order valence-corrected chi connectivity index (χ0v) is 12.5. The van der Waals surface area contributed by atoms with Gasteiger partial charge in [-0.25, -0.2) is 4.79 Å². The molecule has 1 saturated carbocycles. The molecule has 5 heteroatoms. The fourth-order valence-electron chi connectivity index (χ4n) is 2.67. The standard InChI is InChI=1S/C14H26N2O2S/c17-14(16-12-5-3-10-19-11-12)15-8-4-9-18-13-6-1-2-7-13/h12-13H,1-11H2,(H2,15,16,17). The van der Waals surface area contributed by atoms with Gasteiger partial charge in [-0.2, -0.15) is 11.8 Å². The van der Waals surface area contributed by atoms with Crippen molar-refractivity contribution in [1.82, 2.24) is 10.6 Å². The molecule has 0 aromatic carbocycles. The summed E-state index contributed by atoms with van der Waals surface area (Å²) in [5.74, 6) is 2.29. The lowest BCUT2D eigenvalue weighted by Gasteiger charge is -2.22. The first-order valence-electron chi connectivity index (χ1n) is 7.58. The average Bonchev–Trinajstić information content (AvgIpc) is 2.92. The predicted octanol–water partition coefficient (Wildman–Crippen LogP) is 2.53. The molecule has 4 nitrogen and oxygen atoms in total. The molecule has 1 atom stereocenters. The Kier molecular flexibility index (Phi) is 6.85. The minimum Gasteiger partial charge on any atom is -0.378 e. The first-order chi connectivity index (χ1) is 9.34. The lowest BCUT2D eigenvalue weighted by atomic mass is 10.2. The number of nitrogens with one attached hydrogen (secondary N) is 2. The largest absolute Gasteiger partial charge is 0.378 e. The molecule has 1 aliphatic carbocycles. The van der Waals surface area contributed by atoms with Crippen LogP contribution < -0.4 is 10.6 Å². The molecule has 1 heterocycles. The van der Waals surface area contributed by atoms with Gasteiger partial charge < -0.3 is 15.4 Å². The molecule has 2 N–H and O–H groups in total. The molecule has 0 aromatic rings. The maximum atomic E-state index is 11.7. The molecule has 1 saturated heterocycles. The van der Waals surface area contributed by atoms with Gasteiger partial charge in [0.05, 0.1) is 6.10 Å². The minimum atomic E-state index is -0.0200. The highest BCUT2D eigenvalue weighted by Crippen LogP contribution is 2.20. The van der Waals surface area contributed by atoms with Crippen molar-refractivity contribution < 1.29 is 9.53 Å². The second-order valence-corrected chi connectivity index (χ2v) is 6.59. The first-order valence-corrected chi connectivity index (χ1v) is 8.74. The van der Waals surface area contributed by atoms with Crippen molar-refractivity contribution in [3.8, 4) is 0 Å². The topological polar surface area (TPSA) is 50.4 Å². The Labute approximate surface area is 120 Å². The SMILES string of the molecule is O=C(NCCCOC1CCCC1)NC1CCCSC1. The van der Waals surface area contributed by atoms with Crippen molar-refractivity contribution in [2.75, 3.05) is 24.7 Å². The lowest BCUT2D eigenvalue weighted by Crippen LogP contribution is -2.44. The Balaban J connectivity index is 1.44. The first kappa shape index (κ1) is 15.0. The molecule has 110 valence electrons. The molecule has 2 fully saturated rings. The Morgan fingerprint density at radius 3 is 2.79 bits per heavy atom. The van der Waals surface area contributed by atoms with E-state index in [-0.39, 0.29) is 6.03 Å². The normalized spacial score (nSPS) is 24.3. The Bertz CT molecular complexity index is 264. The Morgan fingerprint density at radius 1 is 1.21 bits per heavy atom. The number of hydrogen-bond donors (Lipinski definition) is 2. The second-order valence-electron chi connectivity index (χ2n) is 5.45. The fraction of sp³-hybridized carbons (Fsp3) is 0.929. The molecule has 2 amide bonds. The van der Waals surface area contributed by atoms with Gasteiger partial charge >= 0.3 is 6.03 Å². The molecule has 0 radical (unpaired) electrons. The van der Waals surface area contributed by atoms with Gasteiger partial charge in [0, 0.05) is 24.9 Å². The molecule has 0 aromatic heterocycles. The van der Waals surface area contributed by atoms with Crippen LogP contribution in [0.15, 0.2) is 0 Å².